The Morgan fingerprint density at radius 2 is 2.12 bits per heavy atom. The molecule has 86 valence electrons. The largest absolute Gasteiger partial charge is 0.505 e. The number of benzene rings is 1. The van der Waals surface area contributed by atoms with Crippen molar-refractivity contribution in [3.63, 3.8) is 0 Å². The van der Waals surface area contributed by atoms with E-state index < -0.39 is 0 Å². The summed E-state index contributed by atoms with van der Waals surface area (Å²) in [6.07, 6.45) is 0.341. The predicted molar refractivity (Wildman–Crippen MR) is 64.2 cm³/mol. The number of phenolic OH excluding ortho intramolecular Hbond substituents is 1. The number of anilines is 1. The van der Waals surface area contributed by atoms with Crippen LogP contribution in [0.4, 0.5) is 5.69 Å². The number of phenols is 1. The SMILES string of the molecule is Cc1cc(C)c(O)c(N2CC(Cl)CC2=O)c1. The summed E-state index contributed by atoms with van der Waals surface area (Å²) < 4.78 is 0. The Bertz CT molecular complexity index is 445. The minimum atomic E-state index is -0.160. The van der Waals surface area contributed by atoms with Crippen molar-refractivity contribution in [1.82, 2.24) is 0 Å². The molecule has 1 atom stereocenters. The second-order valence-corrected chi connectivity index (χ2v) is 4.87. The van der Waals surface area contributed by atoms with Gasteiger partial charge in [0.1, 0.15) is 5.75 Å². The number of amides is 1. The topological polar surface area (TPSA) is 40.5 Å². The van der Waals surface area contributed by atoms with Crippen LogP contribution in [0.5, 0.6) is 5.75 Å². The normalized spacial score (nSPS) is 20.6. The Morgan fingerprint density at radius 3 is 2.69 bits per heavy atom. The van der Waals surface area contributed by atoms with Crippen LogP contribution in [0.1, 0.15) is 17.5 Å². The van der Waals surface area contributed by atoms with Gasteiger partial charge in [0.2, 0.25) is 5.91 Å². The lowest BCUT2D eigenvalue weighted by Gasteiger charge is -2.19. The van der Waals surface area contributed by atoms with E-state index in [-0.39, 0.29) is 17.0 Å². The molecule has 1 aliphatic heterocycles. The third kappa shape index (κ3) is 1.87. The average Bonchev–Trinajstić information content (AvgIpc) is 2.51. The maximum absolute atomic E-state index is 11.7. The van der Waals surface area contributed by atoms with Gasteiger partial charge in [-0.25, -0.2) is 0 Å². The second-order valence-electron chi connectivity index (χ2n) is 4.26. The highest BCUT2D eigenvalue weighted by Gasteiger charge is 2.31. The van der Waals surface area contributed by atoms with E-state index in [1.165, 1.54) is 0 Å². The molecule has 1 aliphatic rings. The van der Waals surface area contributed by atoms with Gasteiger partial charge in [-0.3, -0.25) is 4.79 Å². The molecule has 1 amide bonds. The smallest absolute Gasteiger partial charge is 0.228 e. The van der Waals surface area contributed by atoms with Gasteiger partial charge in [0.05, 0.1) is 11.1 Å². The highest BCUT2D eigenvalue weighted by molar-refractivity contribution is 6.24. The van der Waals surface area contributed by atoms with Crippen LogP contribution in [0, 0.1) is 13.8 Å². The predicted octanol–water partition coefficient (Wildman–Crippen LogP) is 2.35. The Balaban J connectivity index is 2.44. The monoisotopic (exact) mass is 239 g/mol. The van der Waals surface area contributed by atoms with Gasteiger partial charge in [-0.2, -0.15) is 0 Å². The van der Waals surface area contributed by atoms with Crippen LogP contribution in [0.15, 0.2) is 12.1 Å². The first kappa shape index (κ1) is 11.3. The molecule has 3 nitrogen and oxygen atoms in total. The molecule has 0 aromatic heterocycles. The molecule has 0 saturated carbocycles. The lowest BCUT2D eigenvalue weighted by Crippen LogP contribution is -2.24. The fraction of sp³-hybridized carbons (Fsp3) is 0.417. The lowest BCUT2D eigenvalue weighted by atomic mass is 10.1. The second kappa shape index (κ2) is 3.98. The van der Waals surface area contributed by atoms with Crippen molar-refractivity contribution in [3.05, 3.63) is 23.3 Å². The maximum Gasteiger partial charge on any atom is 0.228 e. The summed E-state index contributed by atoms with van der Waals surface area (Å²) in [4.78, 5) is 13.3. The zero-order valence-corrected chi connectivity index (χ0v) is 10.1. The van der Waals surface area contributed by atoms with Crippen molar-refractivity contribution in [2.24, 2.45) is 0 Å². The number of rotatable bonds is 1. The number of aryl methyl sites for hydroxylation is 2. The Hall–Kier alpha value is -1.22. The van der Waals surface area contributed by atoms with Crippen LogP contribution in [-0.2, 0) is 4.79 Å². The van der Waals surface area contributed by atoms with E-state index in [9.17, 15) is 9.90 Å². The zero-order chi connectivity index (χ0) is 11.9. The van der Waals surface area contributed by atoms with Crippen LogP contribution in [0.3, 0.4) is 0 Å². The van der Waals surface area contributed by atoms with Crippen molar-refractivity contribution in [3.8, 4) is 5.75 Å². The van der Waals surface area contributed by atoms with E-state index in [1.807, 2.05) is 26.0 Å². The molecule has 16 heavy (non-hydrogen) atoms. The Kier molecular flexibility index (Phi) is 2.80. The summed E-state index contributed by atoms with van der Waals surface area (Å²) >= 11 is 5.94. The molecule has 1 aromatic carbocycles. The van der Waals surface area contributed by atoms with Crippen molar-refractivity contribution in [2.45, 2.75) is 25.6 Å². The first-order valence-electron chi connectivity index (χ1n) is 5.23. The molecule has 0 radical (unpaired) electrons. The number of carbonyl (C=O) groups excluding carboxylic acids is 1. The van der Waals surface area contributed by atoms with Gasteiger partial charge in [-0.05, 0) is 31.0 Å². The number of alkyl halides is 1. The van der Waals surface area contributed by atoms with E-state index in [1.54, 1.807) is 4.90 Å². The van der Waals surface area contributed by atoms with Gasteiger partial charge in [0, 0.05) is 13.0 Å². The van der Waals surface area contributed by atoms with Crippen molar-refractivity contribution in [1.29, 1.82) is 0 Å². The van der Waals surface area contributed by atoms with E-state index in [0.29, 0.717) is 18.7 Å². The Labute approximate surface area is 99.6 Å². The van der Waals surface area contributed by atoms with Gasteiger partial charge < -0.3 is 10.0 Å². The third-order valence-corrected chi connectivity index (χ3v) is 3.09. The van der Waals surface area contributed by atoms with Gasteiger partial charge in [0.15, 0.2) is 0 Å². The standard InChI is InChI=1S/C12H14ClNO2/c1-7-3-8(2)12(16)10(4-7)14-6-9(13)5-11(14)15/h3-4,9,16H,5-6H2,1-2H3. The van der Waals surface area contributed by atoms with E-state index in [4.69, 9.17) is 11.6 Å². The molecule has 1 saturated heterocycles. The minimum absolute atomic E-state index is 0.0275. The first-order valence-corrected chi connectivity index (χ1v) is 5.67. The molecule has 1 heterocycles. The number of nitrogens with zero attached hydrogens (tertiary/aromatic N) is 1. The fourth-order valence-corrected chi connectivity index (χ4v) is 2.31. The zero-order valence-electron chi connectivity index (χ0n) is 9.33. The van der Waals surface area contributed by atoms with E-state index in [0.717, 1.165) is 11.1 Å². The number of hydrogen-bond donors (Lipinski definition) is 1. The van der Waals surface area contributed by atoms with Gasteiger partial charge >= 0.3 is 0 Å². The van der Waals surface area contributed by atoms with Crippen LogP contribution in [0.2, 0.25) is 0 Å². The number of aromatic hydroxyl groups is 1. The fourth-order valence-electron chi connectivity index (χ4n) is 2.04. The first-order chi connectivity index (χ1) is 7.49. The van der Waals surface area contributed by atoms with Crippen LogP contribution in [-0.4, -0.2) is 22.9 Å². The van der Waals surface area contributed by atoms with Gasteiger partial charge in [0.25, 0.3) is 0 Å². The summed E-state index contributed by atoms with van der Waals surface area (Å²) in [5.74, 6) is 0.144. The van der Waals surface area contributed by atoms with Gasteiger partial charge in [-0.1, -0.05) is 6.07 Å². The summed E-state index contributed by atoms with van der Waals surface area (Å²) in [7, 11) is 0. The average molecular weight is 240 g/mol. The quantitative estimate of drug-likeness (QED) is 0.765. The minimum Gasteiger partial charge on any atom is -0.505 e. The van der Waals surface area contributed by atoms with Crippen LogP contribution >= 0.6 is 11.6 Å². The van der Waals surface area contributed by atoms with Crippen molar-refractivity contribution in [2.75, 3.05) is 11.4 Å². The molecule has 2 rings (SSSR count). The molecule has 1 fully saturated rings. The molecule has 0 aliphatic carbocycles. The van der Waals surface area contributed by atoms with Crippen LogP contribution in [0.25, 0.3) is 0 Å². The molecular formula is C12H14ClNO2. The molecule has 0 bridgehead atoms. The van der Waals surface area contributed by atoms with Crippen LogP contribution < -0.4 is 4.90 Å². The molecule has 1 N–H and O–H groups in total. The summed E-state index contributed by atoms with van der Waals surface area (Å²) in [5, 5.41) is 9.79. The highest BCUT2D eigenvalue weighted by atomic mass is 35.5. The van der Waals surface area contributed by atoms with Gasteiger partial charge in [-0.15, -0.1) is 11.6 Å². The van der Waals surface area contributed by atoms with Crippen molar-refractivity contribution < 1.29 is 9.90 Å². The molecular weight excluding hydrogens is 226 g/mol. The van der Waals surface area contributed by atoms with E-state index >= 15 is 0 Å². The summed E-state index contributed by atoms with van der Waals surface area (Å²) in [6.45, 7) is 4.23. The Morgan fingerprint density at radius 1 is 1.44 bits per heavy atom. The molecule has 1 aromatic rings. The maximum atomic E-state index is 11.7. The number of halogens is 1. The summed E-state index contributed by atoms with van der Waals surface area (Å²) in [6, 6.07) is 3.70. The number of hydrogen-bond acceptors (Lipinski definition) is 2. The van der Waals surface area contributed by atoms with E-state index in [2.05, 4.69) is 0 Å². The summed E-state index contributed by atoms with van der Waals surface area (Å²) in [5.41, 5.74) is 2.38. The molecule has 4 heteroatoms. The van der Waals surface area contributed by atoms with Crippen molar-refractivity contribution >= 4 is 23.2 Å². The molecule has 0 spiro atoms. The molecule has 1 unspecified atom stereocenters. The lowest BCUT2D eigenvalue weighted by molar-refractivity contribution is -0.117. The highest BCUT2D eigenvalue weighted by Crippen LogP contribution is 2.35. The third-order valence-electron chi connectivity index (χ3n) is 2.79. The number of carbonyl (C=O) groups is 1.